The Morgan fingerprint density at radius 2 is 2.22 bits per heavy atom. The molecule has 7 heteroatoms. The van der Waals surface area contributed by atoms with Gasteiger partial charge in [0.15, 0.2) is 0 Å². The van der Waals surface area contributed by atoms with Gasteiger partial charge in [0, 0.05) is 43.5 Å². The van der Waals surface area contributed by atoms with Crippen LogP contribution < -0.4 is 11.1 Å². The van der Waals surface area contributed by atoms with E-state index in [0.717, 1.165) is 45.4 Å². The molecule has 1 aromatic heterocycles. The van der Waals surface area contributed by atoms with Crippen LogP contribution >= 0.6 is 36.2 Å². The van der Waals surface area contributed by atoms with Crippen LogP contribution in [0.15, 0.2) is 11.4 Å². The summed E-state index contributed by atoms with van der Waals surface area (Å²) in [7, 11) is 0. The highest BCUT2D eigenvalue weighted by atomic mass is 35.5. The van der Waals surface area contributed by atoms with Gasteiger partial charge in [-0.05, 0) is 42.2 Å². The summed E-state index contributed by atoms with van der Waals surface area (Å²) in [4.78, 5) is 15.9. The van der Waals surface area contributed by atoms with E-state index in [0.29, 0.717) is 12.3 Å². The van der Waals surface area contributed by atoms with Crippen LogP contribution in [0.5, 0.6) is 0 Å². The Hall–Kier alpha value is -0.330. The maximum Gasteiger partial charge on any atom is 0.220 e. The van der Waals surface area contributed by atoms with Crippen molar-refractivity contribution >= 4 is 42.1 Å². The lowest BCUT2D eigenvalue weighted by Gasteiger charge is -2.26. The molecule has 132 valence electrons. The number of amides is 1. The van der Waals surface area contributed by atoms with Gasteiger partial charge in [0.05, 0.1) is 0 Å². The minimum absolute atomic E-state index is 0. The van der Waals surface area contributed by atoms with E-state index in [-0.39, 0.29) is 36.8 Å². The normalized spacial score (nSPS) is 23.5. The standard InChI is InChI=1S/C16H25N3OS.2ClH/c17-14-3-1-2-12(14)10-16(20)18-6-8-19-7-4-15-13(11-19)5-9-21-15;;/h5,9,12,14H,1-4,6-8,10-11,17H2,(H,18,20);2*1H/t12-,14+;;/m0../s1. The summed E-state index contributed by atoms with van der Waals surface area (Å²) >= 11 is 1.87. The summed E-state index contributed by atoms with van der Waals surface area (Å²) in [6.07, 6.45) is 5.12. The minimum atomic E-state index is 0. The summed E-state index contributed by atoms with van der Waals surface area (Å²) in [5, 5.41) is 5.24. The molecule has 23 heavy (non-hydrogen) atoms. The third kappa shape index (κ3) is 5.61. The maximum atomic E-state index is 12.0. The summed E-state index contributed by atoms with van der Waals surface area (Å²) in [6, 6.07) is 2.46. The summed E-state index contributed by atoms with van der Waals surface area (Å²) in [5.41, 5.74) is 7.49. The quantitative estimate of drug-likeness (QED) is 0.826. The van der Waals surface area contributed by atoms with Crippen molar-refractivity contribution in [3.63, 3.8) is 0 Å². The molecule has 2 aliphatic rings. The van der Waals surface area contributed by atoms with Gasteiger partial charge < -0.3 is 11.1 Å². The minimum Gasteiger partial charge on any atom is -0.355 e. The molecule has 0 aromatic carbocycles. The molecule has 3 rings (SSSR count). The van der Waals surface area contributed by atoms with E-state index < -0.39 is 0 Å². The van der Waals surface area contributed by atoms with Crippen LogP contribution in [-0.4, -0.2) is 36.5 Å². The number of carbonyl (C=O) groups is 1. The smallest absolute Gasteiger partial charge is 0.220 e. The Balaban J connectivity index is 0.00000132. The maximum absolute atomic E-state index is 12.0. The molecule has 1 aliphatic heterocycles. The second-order valence-electron chi connectivity index (χ2n) is 6.30. The molecule has 2 heterocycles. The molecule has 1 amide bonds. The Bertz CT molecular complexity index is 497. The number of hydrogen-bond donors (Lipinski definition) is 2. The molecular formula is C16H27Cl2N3OS. The Kier molecular flexibility index (Phi) is 8.86. The zero-order valence-electron chi connectivity index (χ0n) is 13.3. The molecule has 3 N–H and O–H groups in total. The summed E-state index contributed by atoms with van der Waals surface area (Å²) in [5.74, 6) is 0.568. The number of hydrogen-bond acceptors (Lipinski definition) is 4. The van der Waals surface area contributed by atoms with Crippen LogP contribution in [0.1, 0.15) is 36.1 Å². The first kappa shape index (κ1) is 20.7. The van der Waals surface area contributed by atoms with Gasteiger partial charge in [-0.25, -0.2) is 0 Å². The number of halogens is 2. The van der Waals surface area contributed by atoms with Crippen LogP contribution in [0.3, 0.4) is 0 Å². The van der Waals surface area contributed by atoms with E-state index in [1.807, 2.05) is 11.3 Å². The van der Waals surface area contributed by atoms with Crippen molar-refractivity contribution in [3.8, 4) is 0 Å². The zero-order chi connectivity index (χ0) is 14.7. The predicted octanol–water partition coefficient (Wildman–Crippen LogP) is 2.58. The molecule has 1 aliphatic carbocycles. The Morgan fingerprint density at radius 3 is 2.96 bits per heavy atom. The van der Waals surface area contributed by atoms with Gasteiger partial charge in [-0.15, -0.1) is 36.2 Å². The molecule has 4 nitrogen and oxygen atoms in total. The molecule has 1 fully saturated rings. The number of nitrogens with one attached hydrogen (secondary N) is 1. The lowest BCUT2D eigenvalue weighted by atomic mass is 10.00. The van der Waals surface area contributed by atoms with Gasteiger partial charge in [0.1, 0.15) is 0 Å². The Morgan fingerprint density at radius 1 is 1.39 bits per heavy atom. The molecule has 0 unspecified atom stereocenters. The fourth-order valence-corrected chi connectivity index (χ4v) is 4.37. The van der Waals surface area contributed by atoms with Crippen molar-refractivity contribution in [3.05, 3.63) is 21.9 Å². The van der Waals surface area contributed by atoms with Crippen molar-refractivity contribution in [1.29, 1.82) is 0 Å². The van der Waals surface area contributed by atoms with Crippen LogP contribution in [0, 0.1) is 5.92 Å². The molecule has 1 aromatic rings. The van der Waals surface area contributed by atoms with Crippen molar-refractivity contribution in [2.45, 2.75) is 44.7 Å². The molecule has 0 bridgehead atoms. The molecule has 0 saturated heterocycles. The summed E-state index contributed by atoms with van der Waals surface area (Å²) in [6.45, 7) is 3.83. The highest BCUT2D eigenvalue weighted by molar-refractivity contribution is 7.10. The van der Waals surface area contributed by atoms with Gasteiger partial charge in [0.25, 0.3) is 0 Å². The van der Waals surface area contributed by atoms with Crippen molar-refractivity contribution in [2.24, 2.45) is 11.7 Å². The van der Waals surface area contributed by atoms with Crippen molar-refractivity contribution < 1.29 is 4.79 Å². The number of thiophene rings is 1. The lowest BCUT2D eigenvalue weighted by Crippen LogP contribution is -2.38. The second kappa shape index (κ2) is 9.84. The van der Waals surface area contributed by atoms with Crippen molar-refractivity contribution in [1.82, 2.24) is 10.2 Å². The van der Waals surface area contributed by atoms with Crippen LogP contribution in [0.4, 0.5) is 0 Å². The molecule has 0 spiro atoms. The first-order valence-electron chi connectivity index (χ1n) is 8.02. The monoisotopic (exact) mass is 379 g/mol. The molecule has 1 saturated carbocycles. The number of fused-ring (bicyclic) bond motifs is 1. The lowest BCUT2D eigenvalue weighted by molar-refractivity contribution is -0.122. The molecule has 2 atom stereocenters. The fourth-order valence-electron chi connectivity index (χ4n) is 3.48. The van der Waals surface area contributed by atoms with Crippen LogP contribution in [-0.2, 0) is 17.8 Å². The third-order valence-corrected chi connectivity index (χ3v) is 5.83. The number of carbonyl (C=O) groups excluding carboxylic acids is 1. The van der Waals surface area contributed by atoms with Crippen LogP contribution in [0.2, 0.25) is 0 Å². The first-order valence-corrected chi connectivity index (χ1v) is 8.90. The van der Waals surface area contributed by atoms with Gasteiger partial charge in [-0.1, -0.05) is 6.42 Å². The average molecular weight is 380 g/mol. The zero-order valence-corrected chi connectivity index (χ0v) is 15.8. The van der Waals surface area contributed by atoms with E-state index >= 15 is 0 Å². The van der Waals surface area contributed by atoms with Crippen molar-refractivity contribution in [2.75, 3.05) is 19.6 Å². The van der Waals surface area contributed by atoms with Crippen LogP contribution in [0.25, 0.3) is 0 Å². The topological polar surface area (TPSA) is 58.4 Å². The SMILES string of the molecule is Cl.Cl.N[C@@H]1CCC[C@H]1CC(=O)NCCN1CCc2sccc2C1. The predicted molar refractivity (Wildman–Crippen MR) is 101 cm³/mol. The highest BCUT2D eigenvalue weighted by Crippen LogP contribution is 2.26. The highest BCUT2D eigenvalue weighted by Gasteiger charge is 2.26. The van der Waals surface area contributed by atoms with Gasteiger partial charge in [0.2, 0.25) is 5.91 Å². The molecular weight excluding hydrogens is 353 g/mol. The van der Waals surface area contributed by atoms with E-state index in [4.69, 9.17) is 5.73 Å². The third-order valence-electron chi connectivity index (χ3n) is 4.80. The van der Waals surface area contributed by atoms with Gasteiger partial charge in [-0.3, -0.25) is 9.69 Å². The Labute approximate surface area is 155 Å². The fraction of sp³-hybridized carbons (Fsp3) is 0.688. The largest absolute Gasteiger partial charge is 0.355 e. The number of nitrogens with two attached hydrogens (primary N) is 1. The summed E-state index contributed by atoms with van der Waals surface area (Å²) < 4.78 is 0. The van der Waals surface area contributed by atoms with E-state index in [2.05, 4.69) is 21.7 Å². The average Bonchev–Trinajstić information content (AvgIpc) is 3.08. The van der Waals surface area contributed by atoms with E-state index in [9.17, 15) is 4.79 Å². The number of nitrogens with zero attached hydrogens (tertiary/aromatic N) is 1. The molecule has 0 radical (unpaired) electrons. The van der Waals surface area contributed by atoms with E-state index in [1.165, 1.54) is 16.9 Å². The first-order chi connectivity index (χ1) is 10.2. The second-order valence-corrected chi connectivity index (χ2v) is 7.30. The van der Waals surface area contributed by atoms with Gasteiger partial charge >= 0.3 is 0 Å². The van der Waals surface area contributed by atoms with Gasteiger partial charge in [-0.2, -0.15) is 0 Å². The van der Waals surface area contributed by atoms with E-state index in [1.54, 1.807) is 0 Å². The number of rotatable bonds is 5.